The second-order valence-corrected chi connectivity index (χ2v) is 7.70. The molecule has 0 aliphatic rings. The molecule has 0 amide bonds. The van der Waals surface area contributed by atoms with Crippen molar-refractivity contribution in [2.24, 2.45) is 0 Å². The van der Waals surface area contributed by atoms with E-state index in [1.54, 1.807) is 0 Å². The molecular weight excluding hydrogens is 402 g/mol. The summed E-state index contributed by atoms with van der Waals surface area (Å²) in [4.78, 5) is 0. The van der Waals surface area contributed by atoms with Gasteiger partial charge in [-0.15, -0.1) is 11.6 Å². The van der Waals surface area contributed by atoms with Gasteiger partial charge in [-0.2, -0.15) is 0 Å². The molecule has 1 aromatic heterocycles. The molecular formula is C28H26ClNO. The average molecular weight is 428 g/mol. The fourth-order valence-electron chi connectivity index (χ4n) is 3.77. The van der Waals surface area contributed by atoms with Gasteiger partial charge in [-0.05, 0) is 58.5 Å². The highest BCUT2D eigenvalue weighted by Crippen LogP contribution is 2.35. The molecule has 0 N–H and O–H groups in total. The zero-order valence-corrected chi connectivity index (χ0v) is 18.2. The first kappa shape index (κ1) is 21.0. The Hall–Kier alpha value is -3.23. The summed E-state index contributed by atoms with van der Waals surface area (Å²) < 4.78 is 8.07. The van der Waals surface area contributed by atoms with Crippen LogP contribution in [0.3, 0.4) is 0 Å². The Balaban J connectivity index is 1.65. The third kappa shape index (κ3) is 5.48. The minimum Gasteiger partial charge on any atom is -0.492 e. The molecule has 0 saturated carbocycles. The highest BCUT2D eigenvalue weighted by atomic mass is 35.5. The van der Waals surface area contributed by atoms with Crippen LogP contribution in [0.15, 0.2) is 109 Å². The summed E-state index contributed by atoms with van der Waals surface area (Å²) >= 11 is 6.23. The first-order chi connectivity index (χ1) is 15.3. The highest BCUT2D eigenvalue weighted by Gasteiger charge is 2.14. The van der Waals surface area contributed by atoms with Gasteiger partial charge in [0.2, 0.25) is 0 Å². The van der Waals surface area contributed by atoms with Gasteiger partial charge in [0.1, 0.15) is 12.4 Å². The predicted octanol–water partition coefficient (Wildman–Crippen LogP) is 7.16. The Labute approximate surface area is 189 Å². The normalized spacial score (nSPS) is 11.8. The number of aromatic nitrogens is 1. The molecule has 1 heterocycles. The van der Waals surface area contributed by atoms with Crippen LogP contribution < -0.4 is 4.74 Å². The van der Waals surface area contributed by atoms with E-state index in [2.05, 4.69) is 77.4 Å². The quantitative estimate of drug-likeness (QED) is 0.204. The molecule has 156 valence electrons. The molecule has 31 heavy (non-hydrogen) atoms. The summed E-state index contributed by atoms with van der Waals surface area (Å²) in [7, 11) is 0. The number of benzene rings is 3. The van der Waals surface area contributed by atoms with Gasteiger partial charge in [-0.1, -0.05) is 72.8 Å². The predicted molar refractivity (Wildman–Crippen MR) is 131 cm³/mol. The van der Waals surface area contributed by atoms with Crippen molar-refractivity contribution in [2.75, 3.05) is 12.5 Å². The van der Waals surface area contributed by atoms with E-state index in [9.17, 15) is 0 Å². The summed E-state index contributed by atoms with van der Waals surface area (Å²) in [6.45, 7) is 1.47. The first-order valence-electron chi connectivity index (χ1n) is 10.6. The van der Waals surface area contributed by atoms with Crippen LogP contribution in [0.4, 0.5) is 0 Å². The first-order valence-corrected chi connectivity index (χ1v) is 11.1. The van der Waals surface area contributed by atoms with E-state index in [1.165, 1.54) is 22.3 Å². The molecule has 0 fully saturated rings. The lowest BCUT2D eigenvalue weighted by atomic mass is 9.88. The fraction of sp³-hybridized carbons (Fsp3) is 0.143. The van der Waals surface area contributed by atoms with Crippen LogP contribution in [-0.2, 0) is 6.54 Å². The summed E-state index contributed by atoms with van der Waals surface area (Å²) in [5.41, 5.74) is 6.02. The third-order valence-corrected chi connectivity index (χ3v) is 5.45. The van der Waals surface area contributed by atoms with Gasteiger partial charge < -0.3 is 9.30 Å². The van der Waals surface area contributed by atoms with E-state index in [1.807, 2.05) is 36.7 Å². The molecule has 0 aliphatic carbocycles. The van der Waals surface area contributed by atoms with Crippen LogP contribution in [0.5, 0.6) is 5.75 Å². The molecule has 4 rings (SSSR count). The zero-order chi connectivity index (χ0) is 21.3. The van der Waals surface area contributed by atoms with Crippen LogP contribution >= 0.6 is 11.6 Å². The van der Waals surface area contributed by atoms with Crippen LogP contribution in [0, 0.1) is 0 Å². The number of rotatable bonds is 9. The van der Waals surface area contributed by atoms with E-state index >= 15 is 0 Å². The minimum atomic E-state index is 0.571. The largest absolute Gasteiger partial charge is 0.492 e. The molecule has 0 spiro atoms. The van der Waals surface area contributed by atoms with Gasteiger partial charge in [0.15, 0.2) is 0 Å². The van der Waals surface area contributed by atoms with E-state index in [0.717, 1.165) is 24.3 Å². The summed E-state index contributed by atoms with van der Waals surface area (Å²) in [5.74, 6) is 1.45. The van der Waals surface area contributed by atoms with Crippen LogP contribution in [0.2, 0.25) is 0 Å². The van der Waals surface area contributed by atoms with E-state index in [0.29, 0.717) is 12.5 Å². The smallest absolute Gasteiger partial charge is 0.119 e. The molecule has 0 atom stereocenters. The van der Waals surface area contributed by atoms with Gasteiger partial charge in [0.05, 0.1) is 6.54 Å². The van der Waals surface area contributed by atoms with E-state index in [-0.39, 0.29) is 0 Å². The van der Waals surface area contributed by atoms with Crippen molar-refractivity contribution >= 4 is 22.7 Å². The number of nitrogens with zero attached hydrogens (tertiary/aromatic N) is 1. The standard InChI is InChI=1S/C28H26ClNO/c29-18-17-27(23-9-3-1-4-10-23)28(24-11-5-2-6-12-24)25-13-15-26(16-14-25)31-22-21-30-19-7-8-20-30/h1-16,19-20H,17-18,21-22H2/b28-27+. The molecule has 4 aromatic rings. The number of allylic oxidation sites excluding steroid dienone is 1. The lowest BCUT2D eigenvalue weighted by Gasteiger charge is -2.17. The number of hydrogen-bond acceptors (Lipinski definition) is 1. The monoisotopic (exact) mass is 427 g/mol. The van der Waals surface area contributed by atoms with Gasteiger partial charge in [0.25, 0.3) is 0 Å². The second kappa shape index (κ2) is 10.7. The van der Waals surface area contributed by atoms with Crippen molar-refractivity contribution in [3.8, 4) is 5.75 Å². The highest BCUT2D eigenvalue weighted by molar-refractivity contribution is 6.18. The molecule has 0 aliphatic heterocycles. The summed E-state index contributed by atoms with van der Waals surface area (Å²) in [5, 5.41) is 0. The van der Waals surface area contributed by atoms with Crippen molar-refractivity contribution in [1.82, 2.24) is 4.57 Å². The Morgan fingerprint density at radius 3 is 1.87 bits per heavy atom. The molecule has 3 aromatic carbocycles. The minimum absolute atomic E-state index is 0.571. The van der Waals surface area contributed by atoms with Gasteiger partial charge in [0, 0.05) is 18.3 Å². The molecule has 2 nitrogen and oxygen atoms in total. The van der Waals surface area contributed by atoms with Crippen molar-refractivity contribution in [2.45, 2.75) is 13.0 Å². The number of ether oxygens (including phenoxy) is 1. The Kier molecular flexibility index (Phi) is 7.25. The van der Waals surface area contributed by atoms with Crippen LogP contribution in [0.1, 0.15) is 23.1 Å². The van der Waals surface area contributed by atoms with Crippen molar-refractivity contribution in [1.29, 1.82) is 0 Å². The summed E-state index contributed by atoms with van der Waals surface area (Å²) in [6.07, 6.45) is 4.89. The van der Waals surface area contributed by atoms with Gasteiger partial charge in [-0.3, -0.25) is 0 Å². The van der Waals surface area contributed by atoms with Crippen LogP contribution in [0.25, 0.3) is 11.1 Å². The maximum atomic E-state index is 6.23. The van der Waals surface area contributed by atoms with Crippen molar-refractivity contribution in [3.05, 3.63) is 126 Å². The van der Waals surface area contributed by atoms with Gasteiger partial charge >= 0.3 is 0 Å². The lowest BCUT2D eigenvalue weighted by Crippen LogP contribution is -2.06. The maximum Gasteiger partial charge on any atom is 0.119 e. The Bertz CT molecular complexity index is 1080. The average Bonchev–Trinajstić information content (AvgIpc) is 3.35. The molecule has 3 heteroatoms. The van der Waals surface area contributed by atoms with E-state index < -0.39 is 0 Å². The lowest BCUT2D eigenvalue weighted by molar-refractivity contribution is 0.298. The topological polar surface area (TPSA) is 14.2 Å². The number of halogens is 1. The summed E-state index contributed by atoms with van der Waals surface area (Å²) in [6, 6.07) is 33.5. The number of alkyl halides is 1. The SMILES string of the molecule is ClCC/C(=C(/c1ccccc1)c1ccc(OCCn2cccc2)cc1)c1ccccc1. The Morgan fingerprint density at radius 1 is 0.677 bits per heavy atom. The van der Waals surface area contributed by atoms with E-state index in [4.69, 9.17) is 16.3 Å². The molecule has 0 unspecified atom stereocenters. The molecule has 0 bridgehead atoms. The van der Waals surface area contributed by atoms with Crippen molar-refractivity contribution in [3.63, 3.8) is 0 Å². The Morgan fingerprint density at radius 2 is 1.26 bits per heavy atom. The molecule has 0 radical (unpaired) electrons. The molecule has 0 saturated heterocycles. The zero-order valence-electron chi connectivity index (χ0n) is 17.5. The maximum absolute atomic E-state index is 6.23. The second-order valence-electron chi connectivity index (χ2n) is 7.32. The van der Waals surface area contributed by atoms with Gasteiger partial charge in [-0.25, -0.2) is 0 Å². The third-order valence-electron chi connectivity index (χ3n) is 5.26. The fourth-order valence-corrected chi connectivity index (χ4v) is 3.96. The number of hydrogen-bond donors (Lipinski definition) is 0. The van der Waals surface area contributed by atoms with Crippen molar-refractivity contribution < 1.29 is 4.74 Å². The van der Waals surface area contributed by atoms with Crippen LogP contribution in [-0.4, -0.2) is 17.1 Å².